The van der Waals surface area contributed by atoms with E-state index >= 15 is 0 Å². The molecule has 0 atom stereocenters. The molecular weight excluding hydrogens is 382 g/mol. The predicted molar refractivity (Wildman–Crippen MR) is 104 cm³/mol. The number of non-ortho nitro benzene ring substituents is 1. The van der Waals surface area contributed by atoms with Crippen molar-refractivity contribution in [2.45, 2.75) is 39.0 Å². The number of amides is 1. The summed E-state index contributed by atoms with van der Waals surface area (Å²) in [6.45, 7) is 2.14. The summed E-state index contributed by atoms with van der Waals surface area (Å²) in [5, 5.41) is 14.8. The van der Waals surface area contributed by atoms with E-state index in [1.807, 2.05) is 0 Å². The molecule has 28 heavy (non-hydrogen) atoms. The fraction of sp³-hybridized carbons (Fsp3) is 0.421. The van der Waals surface area contributed by atoms with Crippen molar-refractivity contribution < 1.29 is 19.2 Å². The van der Waals surface area contributed by atoms with E-state index < -0.39 is 16.8 Å². The summed E-state index contributed by atoms with van der Waals surface area (Å²) < 4.78 is 4.88. The van der Waals surface area contributed by atoms with Gasteiger partial charge in [0, 0.05) is 35.5 Å². The van der Waals surface area contributed by atoms with Crippen LogP contribution in [0.1, 0.15) is 56.1 Å². The zero-order chi connectivity index (χ0) is 20.1. The van der Waals surface area contributed by atoms with Gasteiger partial charge in [0.05, 0.1) is 27.8 Å². The average Bonchev–Trinajstić information content (AvgIpc) is 3.10. The average molecular weight is 403 g/mol. The summed E-state index contributed by atoms with van der Waals surface area (Å²) in [7, 11) is 0. The molecule has 9 heteroatoms. The number of nitrogens with one attached hydrogen (secondary N) is 1. The molecule has 1 aromatic heterocycles. The van der Waals surface area contributed by atoms with Gasteiger partial charge in [0.2, 0.25) is 0 Å². The van der Waals surface area contributed by atoms with Crippen molar-refractivity contribution in [3.63, 3.8) is 0 Å². The lowest BCUT2D eigenvalue weighted by Gasteiger charge is -2.07. The monoisotopic (exact) mass is 403 g/mol. The highest BCUT2D eigenvalue weighted by atomic mass is 32.1. The number of hydrogen-bond acceptors (Lipinski definition) is 7. The molecule has 2 aromatic rings. The molecule has 1 aliphatic carbocycles. The first-order valence-electron chi connectivity index (χ1n) is 9.20. The largest absolute Gasteiger partial charge is 0.462 e. The Morgan fingerprint density at radius 3 is 2.71 bits per heavy atom. The Labute approximate surface area is 166 Å². The van der Waals surface area contributed by atoms with Gasteiger partial charge in [-0.3, -0.25) is 14.9 Å². The second kappa shape index (κ2) is 8.92. The van der Waals surface area contributed by atoms with Crippen molar-refractivity contribution in [2.75, 3.05) is 13.2 Å². The topological polar surface area (TPSA) is 111 Å². The van der Waals surface area contributed by atoms with Crippen molar-refractivity contribution >= 4 is 28.9 Å². The van der Waals surface area contributed by atoms with E-state index in [1.165, 1.54) is 29.5 Å². The number of carbonyl (C=O) groups excluding carboxylic acids is 2. The number of thiazole rings is 1. The number of aromatic nitrogens is 1. The fourth-order valence-corrected chi connectivity index (χ4v) is 4.23. The van der Waals surface area contributed by atoms with E-state index in [4.69, 9.17) is 4.74 Å². The van der Waals surface area contributed by atoms with E-state index in [1.54, 1.807) is 18.3 Å². The summed E-state index contributed by atoms with van der Waals surface area (Å²) in [4.78, 5) is 40.8. The molecule has 148 valence electrons. The smallest absolute Gasteiger partial charge is 0.338 e. The number of nitro benzene ring substituents is 1. The molecule has 0 unspecified atom stereocenters. The van der Waals surface area contributed by atoms with Crippen molar-refractivity contribution in [2.24, 2.45) is 0 Å². The lowest BCUT2D eigenvalue weighted by Crippen LogP contribution is -2.26. The number of benzene rings is 1. The molecule has 0 saturated carbocycles. The molecule has 0 aliphatic heterocycles. The highest BCUT2D eigenvalue weighted by molar-refractivity contribution is 7.11. The zero-order valence-corrected chi connectivity index (χ0v) is 16.3. The summed E-state index contributed by atoms with van der Waals surface area (Å²) in [6, 6.07) is 3.57. The lowest BCUT2D eigenvalue weighted by atomic mass is 10.0. The number of esters is 1. The first-order chi connectivity index (χ1) is 13.5. The van der Waals surface area contributed by atoms with Crippen LogP contribution in [0.2, 0.25) is 0 Å². The van der Waals surface area contributed by atoms with Gasteiger partial charge < -0.3 is 10.1 Å². The van der Waals surface area contributed by atoms with E-state index in [0.717, 1.165) is 30.0 Å². The number of nitro groups is 1. The molecular formula is C19H21N3O5S. The predicted octanol–water partition coefficient (Wildman–Crippen LogP) is 3.08. The number of rotatable bonds is 7. The molecule has 1 heterocycles. The molecule has 0 fully saturated rings. The highest BCUT2D eigenvalue weighted by Gasteiger charge is 2.19. The van der Waals surface area contributed by atoms with Crippen molar-refractivity contribution in [3.05, 3.63) is 55.0 Å². The fourth-order valence-electron chi connectivity index (χ4n) is 3.08. The Hall–Kier alpha value is -2.81. The quantitative estimate of drug-likeness (QED) is 0.432. The van der Waals surface area contributed by atoms with Crippen LogP contribution in [-0.2, 0) is 24.0 Å². The minimum absolute atomic E-state index is 0.0196. The van der Waals surface area contributed by atoms with Gasteiger partial charge in [-0.05, 0) is 38.7 Å². The molecule has 1 amide bonds. The Bertz CT molecular complexity index is 885. The number of nitrogens with zero attached hydrogens (tertiary/aromatic N) is 2. The molecule has 1 N–H and O–H groups in total. The summed E-state index contributed by atoms with van der Waals surface area (Å²) in [5.41, 5.74) is 0.878. The lowest BCUT2D eigenvalue weighted by molar-refractivity contribution is -0.384. The second-order valence-electron chi connectivity index (χ2n) is 6.44. The maximum absolute atomic E-state index is 12.4. The van der Waals surface area contributed by atoms with E-state index in [-0.39, 0.29) is 23.4 Å². The number of ether oxygens (including phenoxy) is 1. The maximum atomic E-state index is 12.4. The molecule has 1 aliphatic rings. The zero-order valence-electron chi connectivity index (χ0n) is 15.5. The van der Waals surface area contributed by atoms with Gasteiger partial charge in [0.25, 0.3) is 11.6 Å². The van der Waals surface area contributed by atoms with Crippen LogP contribution in [-0.4, -0.2) is 34.9 Å². The Morgan fingerprint density at radius 2 is 2.00 bits per heavy atom. The van der Waals surface area contributed by atoms with E-state index in [9.17, 15) is 19.7 Å². The molecule has 0 radical (unpaired) electrons. The van der Waals surface area contributed by atoms with Gasteiger partial charge in [-0.1, -0.05) is 0 Å². The van der Waals surface area contributed by atoms with Gasteiger partial charge in [-0.2, -0.15) is 0 Å². The van der Waals surface area contributed by atoms with Crippen LogP contribution in [0, 0.1) is 10.1 Å². The van der Waals surface area contributed by atoms with Gasteiger partial charge in [-0.15, -0.1) is 11.3 Å². The third kappa shape index (κ3) is 4.72. The molecule has 0 bridgehead atoms. The van der Waals surface area contributed by atoms with Crippen LogP contribution in [0.25, 0.3) is 0 Å². The van der Waals surface area contributed by atoms with Gasteiger partial charge in [0.1, 0.15) is 0 Å². The van der Waals surface area contributed by atoms with Gasteiger partial charge in [-0.25, -0.2) is 9.78 Å². The third-order valence-corrected chi connectivity index (χ3v) is 5.63. The third-order valence-electron chi connectivity index (χ3n) is 4.42. The minimum Gasteiger partial charge on any atom is -0.462 e. The van der Waals surface area contributed by atoms with E-state index in [2.05, 4.69) is 10.3 Å². The molecule has 3 rings (SSSR count). The van der Waals surface area contributed by atoms with Gasteiger partial charge >= 0.3 is 5.97 Å². The number of hydrogen-bond donors (Lipinski definition) is 1. The standard InChI is InChI=1S/C19H21N3O5S/c1-2-27-19(24)13-9-12(10-14(11-13)22(25)26)18(23)20-8-7-17-21-15-5-3-4-6-16(15)28-17/h9-11H,2-8H2,1H3,(H,20,23). The highest BCUT2D eigenvalue weighted by Crippen LogP contribution is 2.26. The Kier molecular flexibility index (Phi) is 6.35. The van der Waals surface area contributed by atoms with Gasteiger partial charge in [0.15, 0.2) is 0 Å². The SMILES string of the molecule is CCOC(=O)c1cc(C(=O)NCCc2nc3c(s2)CCCC3)cc([N+](=O)[O-])c1. The molecule has 8 nitrogen and oxygen atoms in total. The Balaban J connectivity index is 1.66. The maximum Gasteiger partial charge on any atom is 0.338 e. The molecule has 0 saturated heterocycles. The van der Waals surface area contributed by atoms with Crippen LogP contribution < -0.4 is 5.32 Å². The van der Waals surface area contributed by atoms with Crippen LogP contribution in [0.15, 0.2) is 18.2 Å². The summed E-state index contributed by atoms with van der Waals surface area (Å²) in [6.07, 6.45) is 5.05. The van der Waals surface area contributed by atoms with Crippen molar-refractivity contribution in [1.29, 1.82) is 0 Å². The van der Waals surface area contributed by atoms with E-state index in [0.29, 0.717) is 13.0 Å². The van der Waals surface area contributed by atoms with Crippen molar-refractivity contribution in [3.8, 4) is 0 Å². The molecule has 1 aromatic carbocycles. The van der Waals surface area contributed by atoms with Crippen molar-refractivity contribution in [1.82, 2.24) is 10.3 Å². The van der Waals surface area contributed by atoms with Crippen LogP contribution in [0.4, 0.5) is 5.69 Å². The number of carbonyl (C=O) groups is 2. The van der Waals surface area contributed by atoms with Crippen LogP contribution in [0.3, 0.4) is 0 Å². The first-order valence-corrected chi connectivity index (χ1v) is 10.0. The summed E-state index contributed by atoms with van der Waals surface area (Å²) in [5.74, 6) is -1.18. The normalized spacial score (nSPS) is 12.9. The number of aryl methyl sites for hydroxylation is 2. The summed E-state index contributed by atoms with van der Waals surface area (Å²) >= 11 is 1.69. The second-order valence-corrected chi connectivity index (χ2v) is 7.60. The number of fused-ring (bicyclic) bond motifs is 1. The molecule has 0 spiro atoms. The minimum atomic E-state index is -0.700. The first kappa shape index (κ1) is 19.9. The Morgan fingerprint density at radius 1 is 1.25 bits per heavy atom. The van der Waals surface area contributed by atoms with Crippen LogP contribution >= 0.6 is 11.3 Å². The van der Waals surface area contributed by atoms with Crippen LogP contribution in [0.5, 0.6) is 0 Å².